The van der Waals surface area contributed by atoms with Crippen LogP contribution >= 0.6 is 0 Å². The molecule has 2 heterocycles. The number of carboxylic acid groups (broad SMARTS) is 1. The topological polar surface area (TPSA) is 109 Å². The van der Waals surface area contributed by atoms with Gasteiger partial charge in [0.25, 0.3) is 0 Å². The first-order valence-corrected chi connectivity index (χ1v) is 7.57. The minimum Gasteiger partial charge on any atom is -0.481 e. The summed E-state index contributed by atoms with van der Waals surface area (Å²) in [5.41, 5.74) is 0.423. The van der Waals surface area contributed by atoms with Gasteiger partial charge in [-0.2, -0.15) is 4.98 Å². The molecule has 0 saturated carbocycles. The lowest BCUT2D eigenvalue weighted by atomic mass is 9.90. The molecule has 0 spiro atoms. The number of likely N-dealkylation sites (tertiary alicyclic amines) is 1. The predicted octanol–water partition coefficient (Wildman–Crippen LogP) is 2.37. The Labute approximate surface area is 138 Å². The predicted molar refractivity (Wildman–Crippen MR) is 85.4 cm³/mol. The Bertz CT molecular complexity index is 788. The van der Waals surface area contributed by atoms with Crippen LogP contribution in [-0.2, 0) is 4.79 Å². The summed E-state index contributed by atoms with van der Waals surface area (Å²) in [6.07, 6.45) is 0.442. The number of aromatic nitrogens is 2. The summed E-state index contributed by atoms with van der Waals surface area (Å²) < 4.78 is 4.95. The highest BCUT2D eigenvalue weighted by Crippen LogP contribution is 2.30. The summed E-state index contributed by atoms with van der Waals surface area (Å²) in [5.74, 6) is 0.0277. The van der Waals surface area contributed by atoms with Crippen LogP contribution in [0, 0.1) is 12.3 Å². The third-order valence-electron chi connectivity index (χ3n) is 4.18. The van der Waals surface area contributed by atoms with Gasteiger partial charge in [0.05, 0.1) is 5.41 Å². The number of carboxylic acids is 1. The van der Waals surface area contributed by atoms with Crippen LogP contribution in [0.1, 0.15) is 19.2 Å². The standard InChI is InChI=1S/C16H18N4O4/c1-10-17-13(19-24-10)11-4-3-5-12(8-11)18-15(23)20-7-6-16(2,9-20)14(21)22/h3-5,8H,6-7,9H2,1-2H3,(H,18,23)(H,21,22). The van der Waals surface area contributed by atoms with Crippen molar-refractivity contribution in [1.29, 1.82) is 0 Å². The number of carbonyl (C=O) groups excluding carboxylic acids is 1. The van der Waals surface area contributed by atoms with Crippen molar-refractivity contribution in [3.05, 3.63) is 30.2 Å². The summed E-state index contributed by atoms with van der Waals surface area (Å²) in [4.78, 5) is 29.3. The van der Waals surface area contributed by atoms with Crippen molar-refractivity contribution < 1.29 is 19.2 Å². The van der Waals surface area contributed by atoms with Crippen molar-refractivity contribution >= 4 is 17.7 Å². The fourth-order valence-corrected chi connectivity index (χ4v) is 2.66. The molecule has 2 aromatic rings. The van der Waals surface area contributed by atoms with E-state index in [1.165, 1.54) is 4.90 Å². The lowest BCUT2D eigenvalue weighted by Gasteiger charge is -2.20. The second-order valence-corrected chi connectivity index (χ2v) is 6.19. The van der Waals surface area contributed by atoms with E-state index in [1.807, 2.05) is 6.07 Å². The SMILES string of the molecule is Cc1nc(-c2cccc(NC(=O)N3CCC(C)(C(=O)O)C3)c2)no1. The first-order valence-electron chi connectivity index (χ1n) is 7.57. The minimum atomic E-state index is -0.888. The van der Waals surface area contributed by atoms with E-state index in [0.717, 1.165) is 5.56 Å². The molecule has 0 aliphatic carbocycles. The average Bonchev–Trinajstić information content (AvgIpc) is 3.15. The zero-order valence-corrected chi connectivity index (χ0v) is 13.4. The van der Waals surface area contributed by atoms with E-state index in [-0.39, 0.29) is 12.6 Å². The van der Waals surface area contributed by atoms with Gasteiger partial charge in [0, 0.05) is 31.3 Å². The molecule has 1 aliphatic heterocycles. The van der Waals surface area contributed by atoms with Crippen LogP contribution in [-0.4, -0.2) is 45.2 Å². The molecule has 2 amide bonds. The Morgan fingerprint density at radius 2 is 2.21 bits per heavy atom. The number of rotatable bonds is 3. The van der Waals surface area contributed by atoms with Crippen molar-refractivity contribution in [3.63, 3.8) is 0 Å². The molecule has 1 fully saturated rings. The number of amides is 2. The molecule has 24 heavy (non-hydrogen) atoms. The quantitative estimate of drug-likeness (QED) is 0.894. The molecule has 1 aliphatic rings. The monoisotopic (exact) mass is 330 g/mol. The molecule has 126 valence electrons. The molecule has 8 heteroatoms. The number of aliphatic carboxylic acids is 1. The fourth-order valence-electron chi connectivity index (χ4n) is 2.66. The highest BCUT2D eigenvalue weighted by Gasteiger charge is 2.42. The summed E-state index contributed by atoms with van der Waals surface area (Å²) >= 11 is 0. The van der Waals surface area contributed by atoms with Crippen molar-refractivity contribution in [3.8, 4) is 11.4 Å². The number of aryl methyl sites for hydroxylation is 1. The van der Waals surface area contributed by atoms with Gasteiger partial charge in [0.1, 0.15) is 0 Å². The Hall–Kier alpha value is -2.90. The second kappa shape index (κ2) is 5.95. The highest BCUT2D eigenvalue weighted by molar-refractivity contribution is 5.91. The molecule has 0 radical (unpaired) electrons. The third-order valence-corrected chi connectivity index (χ3v) is 4.18. The van der Waals surface area contributed by atoms with E-state index in [0.29, 0.717) is 30.4 Å². The van der Waals surface area contributed by atoms with Crippen LogP contribution < -0.4 is 5.32 Å². The summed E-state index contributed by atoms with van der Waals surface area (Å²) in [5, 5.41) is 15.9. The summed E-state index contributed by atoms with van der Waals surface area (Å²) in [7, 11) is 0. The van der Waals surface area contributed by atoms with Gasteiger partial charge >= 0.3 is 12.0 Å². The van der Waals surface area contributed by atoms with Gasteiger partial charge in [-0.05, 0) is 25.5 Å². The molecule has 2 N–H and O–H groups in total. The second-order valence-electron chi connectivity index (χ2n) is 6.19. The molecule has 1 unspecified atom stereocenters. The van der Waals surface area contributed by atoms with Crippen LogP contribution in [0.4, 0.5) is 10.5 Å². The zero-order valence-electron chi connectivity index (χ0n) is 13.4. The maximum atomic E-state index is 12.3. The number of nitrogens with zero attached hydrogens (tertiary/aromatic N) is 3. The van der Waals surface area contributed by atoms with Crippen LogP contribution in [0.25, 0.3) is 11.4 Å². The average molecular weight is 330 g/mol. The largest absolute Gasteiger partial charge is 0.481 e. The zero-order chi connectivity index (χ0) is 17.3. The molecular weight excluding hydrogens is 312 g/mol. The molecule has 1 aromatic heterocycles. The number of hydrogen-bond donors (Lipinski definition) is 2. The van der Waals surface area contributed by atoms with Crippen molar-refractivity contribution in [2.45, 2.75) is 20.3 Å². The van der Waals surface area contributed by atoms with Crippen LogP contribution in [0.15, 0.2) is 28.8 Å². The Kier molecular flexibility index (Phi) is 3.96. The van der Waals surface area contributed by atoms with E-state index < -0.39 is 11.4 Å². The first-order chi connectivity index (χ1) is 11.4. The molecule has 1 aromatic carbocycles. The van der Waals surface area contributed by atoms with Gasteiger partial charge in [-0.1, -0.05) is 17.3 Å². The maximum Gasteiger partial charge on any atom is 0.321 e. The number of carbonyl (C=O) groups is 2. The summed E-state index contributed by atoms with van der Waals surface area (Å²) in [6, 6.07) is 6.77. The number of urea groups is 1. The van der Waals surface area contributed by atoms with Crippen LogP contribution in [0.2, 0.25) is 0 Å². The molecule has 0 bridgehead atoms. The molecular formula is C16H18N4O4. The molecule has 1 atom stereocenters. The third kappa shape index (κ3) is 3.08. The highest BCUT2D eigenvalue weighted by atomic mass is 16.5. The van der Waals surface area contributed by atoms with Crippen molar-refractivity contribution in [2.75, 3.05) is 18.4 Å². The van der Waals surface area contributed by atoms with E-state index in [4.69, 9.17) is 4.52 Å². The van der Waals surface area contributed by atoms with Gasteiger partial charge in [-0.3, -0.25) is 4.79 Å². The minimum absolute atomic E-state index is 0.192. The van der Waals surface area contributed by atoms with E-state index in [2.05, 4.69) is 15.5 Å². The van der Waals surface area contributed by atoms with E-state index in [1.54, 1.807) is 32.0 Å². The lowest BCUT2D eigenvalue weighted by Crippen LogP contribution is -2.37. The number of nitrogens with one attached hydrogen (secondary N) is 1. The van der Waals surface area contributed by atoms with Gasteiger partial charge in [0.15, 0.2) is 0 Å². The number of benzene rings is 1. The normalized spacial score (nSPS) is 20.2. The molecule has 1 saturated heterocycles. The van der Waals surface area contributed by atoms with E-state index in [9.17, 15) is 14.7 Å². The smallest absolute Gasteiger partial charge is 0.321 e. The fraction of sp³-hybridized carbons (Fsp3) is 0.375. The number of anilines is 1. The van der Waals surface area contributed by atoms with Crippen molar-refractivity contribution in [2.24, 2.45) is 5.41 Å². The van der Waals surface area contributed by atoms with Crippen molar-refractivity contribution in [1.82, 2.24) is 15.0 Å². The maximum absolute atomic E-state index is 12.3. The molecule has 3 rings (SSSR count). The van der Waals surface area contributed by atoms with Crippen LogP contribution in [0.5, 0.6) is 0 Å². The summed E-state index contributed by atoms with van der Waals surface area (Å²) in [6.45, 7) is 3.97. The van der Waals surface area contributed by atoms with Gasteiger partial charge < -0.3 is 19.8 Å². The first kappa shape index (κ1) is 16.0. The van der Waals surface area contributed by atoms with Gasteiger partial charge in [-0.15, -0.1) is 0 Å². The van der Waals surface area contributed by atoms with Gasteiger partial charge in [0.2, 0.25) is 11.7 Å². The Balaban J connectivity index is 1.70. The van der Waals surface area contributed by atoms with Crippen LogP contribution in [0.3, 0.4) is 0 Å². The number of hydrogen-bond acceptors (Lipinski definition) is 5. The Morgan fingerprint density at radius 1 is 1.42 bits per heavy atom. The molecule has 8 nitrogen and oxygen atoms in total. The lowest BCUT2D eigenvalue weighted by molar-refractivity contribution is -0.146. The Morgan fingerprint density at radius 3 is 2.83 bits per heavy atom. The van der Waals surface area contributed by atoms with Gasteiger partial charge in [-0.25, -0.2) is 4.79 Å². The van der Waals surface area contributed by atoms with E-state index >= 15 is 0 Å².